The van der Waals surface area contributed by atoms with Crippen LogP contribution in [0.2, 0.25) is 0 Å². The Labute approximate surface area is 144 Å². The first-order valence-corrected chi connectivity index (χ1v) is 8.51. The van der Waals surface area contributed by atoms with Crippen LogP contribution in [0.1, 0.15) is 45.1 Å². The lowest BCUT2D eigenvalue weighted by Gasteiger charge is -2.17. The highest BCUT2D eigenvalue weighted by Crippen LogP contribution is 2.34. The van der Waals surface area contributed by atoms with Crippen LogP contribution in [-0.2, 0) is 4.79 Å². The number of benzene rings is 2. The third-order valence-corrected chi connectivity index (χ3v) is 4.02. The molecule has 1 unspecified atom stereocenters. The summed E-state index contributed by atoms with van der Waals surface area (Å²) in [6.07, 6.45) is 0.823. The quantitative estimate of drug-likeness (QED) is 0.710. The Morgan fingerprint density at radius 3 is 2.42 bits per heavy atom. The van der Waals surface area contributed by atoms with Crippen LogP contribution in [0.5, 0.6) is 5.75 Å². The molecule has 0 aliphatic rings. The van der Waals surface area contributed by atoms with Crippen molar-refractivity contribution in [1.82, 2.24) is 0 Å². The molecule has 0 aliphatic carbocycles. The van der Waals surface area contributed by atoms with Crippen molar-refractivity contribution >= 4 is 5.97 Å². The molecule has 3 nitrogen and oxygen atoms in total. The van der Waals surface area contributed by atoms with Crippen LogP contribution in [-0.4, -0.2) is 17.7 Å². The summed E-state index contributed by atoms with van der Waals surface area (Å²) in [5.41, 5.74) is 3.33. The molecule has 0 amide bonds. The van der Waals surface area contributed by atoms with Crippen molar-refractivity contribution in [2.45, 2.75) is 39.5 Å². The molecule has 128 valence electrons. The molecule has 0 aliphatic heterocycles. The lowest BCUT2D eigenvalue weighted by Crippen LogP contribution is -2.06. The van der Waals surface area contributed by atoms with Gasteiger partial charge in [-0.05, 0) is 41.5 Å². The molecule has 2 aromatic carbocycles. The maximum atomic E-state index is 10.8. The van der Waals surface area contributed by atoms with Gasteiger partial charge < -0.3 is 9.84 Å². The molecule has 0 saturated carbocycles. The van der Waals surface area contributed by atoms with Crippen LogP contribution in [0, 0.1) is 5.92 Å². The number of ether oxygens (including phenoxy) is 1. The van der Waals surface area contributed by atoms with E-state index in [-0.39, 0.29) is 12.3 Å². The van der Waals surface area contributed by atoms with Gasteiger partial charge in [0.1, 0.15) is 5.75 Å². The first kappa shape index (κ1) is 18.1. The first-order valence-electron chi connectivity index (χ1n) is 8.51. The summed E-state index contributed by atoms with van der Waals surface area (Å²) in [5, 5.41) is 8.89. The number of hydrogen-bond acceptors (Lipinski definition) is 2. The third-order valence-electron chi connectivity index (χ3n) is 4.02. The van der Waals surface area contributed by atoms with Crippen LogP contribution >= 0.6 is 0 Å². The number of hydrogen-bond donors (Lipinski definition) is 1. The van der Waals surface area contributed by atoms with Gasteiger partial charge in [-0.3, -0.25) is 4.79 Å². The smallest absolute Gasteiger partial charge is 0.303 e. The monoisotopic (exact) mass is 326 g/mol. The number of carboxylic acid groups (broad SMARTS) is 1. The van der Waals surface area contributed by atoms with Crippen molar-refractivity contribution in [2.24, 2.45) is 5.92 Å². The van der Waals surface area contributed by atoms with Gasteiger partial charge in [-0.1, -0.05) is 57.2 Å². The molecular weight excluding hydrogens is 300 g/mol. The fourth-order valence-corrected chi connectivity index (χ4v) is 2.59. The molecule has 0 spiro atoms. The van der Waals surface area contributed by atoms with Gasteiger partial charge >= 0.3 is 5.97 Å². The Morgan fingerprint density at radius 1 is 1.08 bits per heavy atom. The van der Waals surface area contributed by atoms with Crippen molar-refractivity contribution in [3.05, 3.63) is 54.1 Å². The molecule has 24 heavy (non-hydrogen) atoms. The fourth-order valence-electron chi connectivity index (χ4n) is 2.59. The highest BCUT2D eigenvalue weighted by atomic mass is 16.5. The van der Waals surface area contributed by atoms with Crippen molar-refractivity contribution < 1.29 is 14.6 Å². The molecule has 0 fully saturated rings. The number of carboxylic acids is 1. The standard InChI is InChI=1S/C21H26O3/c1-15(2)14-24-20-11-10-18(16(3)9-12-21(22)23)13-19(20)17-7-5-4-6-8-17/h4-8,10-11,13,15-16H,9,12,14H2,1-3H3,(H,22,23). The van der Waals surface area contributed by atoms with E-state index < -0.39 is 5.97 Å². The summed E-state index contributed by atoms with van der Waals surface area (Å²) in [7, 11) is 0. The highest BCUT2D eigenvalue weighted by molar-refractivity contribution is 5.71. The minimum absolute atomic E-state index is 0.188. The van der Waals surface area contributed by atoms with Crippen molar-refractivity contribution in [3.8, 4) is 16.9 Å². The van der Waals surface area contributed by atoms with E-state index in [0.29, 0.717) is 18.9 Å². The van der Waals surface area contributed by atoms with Crippen LogP contribution in [0.4, 0.5) is 0 Å². The first-order chi connectivity index (χ1) is 11.5. The van der Waals surface area contributed by atoms with Gasteiger partial charge in [-0.15, -0.1) is 0 Å². The van der Waals surface area contributed by atoms with Gasteiger partial charge in [0.25, 0.3) is 0 Å². The second-order valence-electron chi connectivity index (χ2n) is 6.66. The minimum Gasteiger partial charge on any atom is -0.493 e. The molecule has 0 saturated heterocycles. The second kappa shape index (κ2) is 8.53. The molecule has 1 atom stereocenters. The molecule has 0 aromatic heterocycles. The van der Waals surface area contributed by atoms with Crippen LogP contribution in [0.3, 0.4) is 0 Å². The number of rotatable bonds is 8. The molecule has 2 rings (SSSR count). The van der Waals surface area contributed by atoms with Crippen molar-refractivity contribution in [2.75, 3.05) is 6.61 Å². The maximum absolute atomic E-state index is 10.8. The molecule has 2 aromatic rings. The Bertz CT molecular complexity index is 662. The van der Waals surface area contributed by atoms with E-state index in [0.717, 1.165) is 22.4 Å². The summed E-state index contributed by atoms with van der Waals surface area (Å²) in [5.74, 6) is 0.789. The Morgan fingerprint density at radius 2 is 1.79 bits per heavy atom. The molecule has 3 heteroatoms. The van der Waals surface area contributed by atoms with Gasteiger partial charge in [0.2, 0.25) is 0 Å². The summed E-state index contributed by atoms with van der Waals surface area (Å²) < 4.78 is 5.99. The van der Waals surface area contributed by atoms with E-state index in [1.54, 1.807) is 0 Å². The number of carbonyl (C=O) groups is 1. The van der Waals surface area contributed by atoms with Crippen LogP contribution in [0.15, 0.2) is 48.5 Å². The highest BCUT2D eigenvalue weighted by Gasteiger charge is 2.13. The van der Waals surface area contributed by atoms with E-state index in [9.17, 15) is 4.79 Å². The second-order valence-corrected chi connectivity index (χ2v) is 6.66. The fraction of sp³-hybridized carbons (Fsp3) is 0.381. The van der Waals surface area contributed by atoms with Gasteiger partial charge in [-0.2, -0.15) is 0 Å². The van der Waals surface area contributed by atoms with Gasteiger partial charge in [-0.25, -0.2) is 0 Å². The van der Waals surface area contributed by atoms with E-state index >= 15 is 0 Å². The SMILES string of the molecule is CC(C)COc1ccc(C(C)CCC(=O)O)cc1-c1ccccc1. The lowest BCUT2D eigenvalue weighted by molar-refractivity contribution is -0.137. The Kier molecular flexibility index (Phi) is 6.42. The average molecular weight is 326 g/mol. The Hall–Kier alpha value is -2.29. The van der Waals surface area contributed by atoms with Crippen LogP contribution in [0.25, 0.3) is 11.1 Å². The molecule has 0 radical (unpaired) electrons. The average Bonchev–Trinajstić information content (AvgIpc) is 2.58. The maximum Gasteiger partial charge on any atom is 0.303 e. The lowest BCUT2D eigenvalue weighted by atomic mass is 9.92. The van der Waals surface area contributed by atoms with Gasteiger partial charge in [0.15, 0.2) is 0 Å². The summed E-state index contributed by atoms with van der Waals surface area (Å²) in [4.78, 5) is 10.8. The third kappa shape index (κ3) is 5.12. The zero-order chi connectivity index (χ0) is 17.5. The van der Waals surface area contributed by atoms with Gasteiger partial charge in [0, 0.05) is 12.0 Å². The summed E-state index contributed by atoms with van der Waals surface area (Å²) >= 11 is 0. The molecular formula is C21H26O3. The van der Waals surface area contributed by atoms with E-state index in [2.05, 4.69) is 45.0 Å². The van der Waals surface area contributed by atoms with Crippen molar-refractivity contribution in [1.29, 1.82) is 0 Å². The van der Waals surface area contributed by atoms with Crippen molar-refractivity contribution in [3.63, 3.8) is 0 Å². The summed E-state index contributed by atoms with van der Waals surface area (Å²) in [6, 6.07) is 16.4. The zero-order valence-corrected chi connectivity index (χ0v) is 14.7. The normalized spacial score (nSPS) is 12.2. The minimum atomic E-state index is -0.748. The Balaban J connectivity index is 2.31. The van der Waals surface area contributed by atoms with E-state index in [1.165, 1.54) is 0 Å². The molecule has 1 N–H and O–H groups in total. The summed E-state index contributed by atoms with van der Waals surface area (Å²) in [6.45, 7) is 7.00. The van der Waals surface area contributed by atoms with Crippen LogP contribution < -0.4 is 4.74 Å². The van der Waals surface area contributed by atoms with E-state index in [1.807, 2.05) is 24.3 Å². The molecule has 0 bridgehead atoms. The zero-order valence-electron chi connectivity index (χ0n) is 14.7. The van der Waals surface area contributed by atoms with E-state index in [4.69, 9.17) is 9.84 Å². The van der Waals surface area contributed by atoms with Gasteiger partial charge in [0.05, 0.1) is 6.61 Å². The predicted molar refractivity (Wildman–Crippen MR) is 97.5 cm³/mol. The predicted octanol–water partition coefficient (Wildman–Crippen LogP) is 5.36. The number of aliphatic carboxylic acids is 1. The largest absolute Gasteiger partial charge is 0.493 e. The molecule has 0 heterocycles. The topological polar surface area (TPSA) is 46.5 Å².